The van der Waals surface area contributed by atoms with Crippen LogP contribution in [0.3, 0.4) is 0 Å². The van der Waals surface area contributed by atoms with E-state index in [-0.39, 0.29) is 6.61 Å². The fraction of sp³-hybridized carbons (Fsp3) is 0.571. The molecule has 3 nitrogen and oxygen atoms in total. The molecule has 0 radical (unpaired) electrons. The third kappa shape index (κ3) is 3.13. The minimum absolute atomic E-state index is 0.0315. The van der Waals surface area contributed by atoms with Gasteiger partial charge >= 0.3 is 0 Å². The quantitative estimate of drug-likeness (QED) is 0.854. The van der Waals surface area contributed by atoms with Crippen molar-refractivity contribution in [3.8, 4) is 11.5 Å². The van der Waals surface area contributed by atoms with E-state index in [4.69, 9.17) is 14.6 Å². The van der Waals surface area contributed by atoms with Gasteiger partial charge in [-0.15, -0.1) is 0 Å². The zero-order chi connectivity index (χ0) is 12.1. The fourth-order valence-electron chi connectivity index (χ4n) is 2.20. The summed E-state index contributed by atoms with van der Waals surface area (Å²) in [6.45, 7) is 2.59. The van der Waals surface area contributed by atoms with Gasteiger partial charge in [0.1, 0.15) is 0 Å². The normalized spacial score (nSPS) is 16.1. The Morgan fingerprint density at radius 2 is 2.00 bits per heavy atom. The summed E-state index contributed by atoms with van der Waals surface area (Å²) in [5.74, 6) is 1.54. The number of aliphatic hydroxyl groups excluding tert-OH is 1. The maximum Gasteiger partial charge on any atom is 0.161 e. The van der Waals surface area contributed by atoms with Gasteiger partial charge < -0.3 is 14.6 Å². The molecule has 0 amide bonds. The summed E-state index contributed by atoms with van der Waals surface area (Å²) >= 11 is 0. The summed E-state index contributed by atoms with van der Waals surface area (Å²) < 4.78 is 11.5. The lowest BCUT2D eigenvalue weighted by Gasteiger charge is -2.17. The third-order valence-corrected chi connectivity index (χ3v) is 3.09. The first kappa shape index (κ1) is 12.2. The predicted molar refractivity (Wildman–Crippen MR) is 66.4 cm³/mol. The van der Waals surface area contributed by atoms with E-state index in [0.29, 0.717) is 12.7 Å². The average molecular weight is 236 g/mol. The lowest BCUT2D eigenvalue weighted by atomic mass is 10.2. The van der Waals surface area contributed by atoms with Gasteiger partial charge in [0.25, 0.3) is 0 Å². The molecule has 1 aliphatic rings. The number of hydrogen-bond acceptors (Lipinski definition) is 3. The highest BCUT2D eigenvalue weighted by Gasteiger charge is 2.18. The van der Waals surface area contributed by atoms with Crippen molar-refractivity contribution in [2.75, 3.05) is 6.61 Å². The number of aliphatic hydroxyl groups is 1. The van der Waals surface area contributed by atoms with E-state index in [0.717, 1.165) is 29.9 Å². The van der Waals surface area contributed by atoms with E-state index < -0.39 is 0 Å². The lowest BCUT2D eigenvalue weighted by Crippen LogP contribution is -2.12. The Bertz CT molecular complexity index is 356. The summed E-state index contributed by atoms with van der Waals surface area (Å²) in [5.41, 5.74) is 0.854. The Morgan fingerprint density at radius 1 is 1.24 bits per heavy atom. The SMILES string of the molecule is CCOc1cc(CO)ccc1OC1CCCC1. The van der Waals surface area contributed by atoms with Crippen LogP contribution in [0.5, 0.6) is 11.5 Å². The molecular weight excluding hydrogens is 216 g/mol. The molecule has 0 atom stereocenters. The van der Waals surface area contributed by atoms with Crippen molar-refractivity contribution in [1.82, 2.24) is 0 Å². The Morgan fingerprint density at radius 3 is 2.65 bits per heavy atom. The minimum Gasteiger partial charge on any atom is -0.490 e. The standard InChI is InChI=1S/C14H20O3/c1-2-16-14-9-11(10-15)7-8-13(14)17-12-5-3-4-6-12/h7-9,12,15H,2-6,10H2,1H3. The van der Waals surface area contributed by atoms with Gasteiger partial charge in [0.05, 0.1) is 19.3 Å². The van der Waals surface area contributed by atoms with Crippen LogP contribution in [-0.2, 0) is 6.61 Å². The second-order valence-corrected chi connectivity index (χ2v) is 4.40. The van der Waals surface area contributed by atoms with E-state index in [1.165, 1.54) is 12.8 Å². The van der Waals surface area contributed by atoms with Crippen LogP contribution in [0.25, 0.3) is 0 Å². The highest BCUT2D eigenvalue weighted by Crippen LogP contribution is 2.32. The predicted octanol–water partition coefficient (Wildman–Crippen LogP) is 2.90. The minimum atomic E-state index is 0.0315. The molecule has 0 saturated heterocycles. The molecule has 0 unspecified atom stereocenters. The van der Waals surface area contributed by atoms with E-state index in [1.807, 2.05) is 25.1 Å². The largest absolute Gasteiger partial charge is 0.490 e. The van der Waals surface area contributed by atoms with Gasteiger partial charge in [0.15, 0.2) is 11.5 Å². The molecule has 2 rings (SSSR count). The molecule has 17 heavy (non-hydrogen) atoms. The first-order valence-corrected chi connectivity index (χ1v) is 6.36. The Hall–Kier alpha value is -1.22. The van der Waals surface area contributed by atoms with Crippen LogP contribution >= 0.6 is 0 Å². The molecule has 1 aromatic rings. The van der Waals surface area contributed by atoms with Crippen LogP contribution in [0.2, 0.25) is 0 Å². The van der Waals surface area contributed by atoms with Gasteiger partial charge in [-0.3, -0.25) is 0 Å². The van der Waals surface area contributed by atoms with Crippen molar-refractivity contribution >= 4 is 0 Å². The van der Waals surface area contributed by atoms with Gasteiger partial charge in [-0.05, 0) is 50.3 Å². The third-order valence-electron chi connectivity index (χ3n) is 3.09. The molecule has 1 saturated carbocycles. The molecule has 0 aliphatic heterocycles. The van der Waals surface area contributed by atoms with Crippen LogP contribution in [0.4, 0.5) is 0 Å². The van der Waals surface area contributed by atoms with Gasteiger partial charge in [-0.25, -0.2) is 0 Å². The molecule has 0 bridgehead atoms. The van der Waals surface area contributed by atoms with Gasteiger partial charge in [0.2, 0.25) is 0 Å². The molecule has 0 heterocycles. The molecular formula is C14H20O3. The maximum absolute atomic E-state index is 9.11. The highest BCUT2D eigenvalue weighted by atomic mass is 16.5. The second kappa shape index (κ2) is 5.92. The van der Waals surface area contributed by atoms with Crippen molar-refractivity contribution < 1.29 is 14.6 Å². The van der Waals surface area contributed by atoms with Crippen molar-refractivity contribution in [3.05, 3.63) is 23.8 Å². The summed E-state index contributed by atoms with van der Waals surface area (Å²) in [6.07, 6.45) is 5.10. The van der Waals surface area contributed by atoms with Crippen molar-refractivity contribution in [3.63, 3.8) is 0 Å². The van der Waals surface area contributed by atoms with Gasteiger partial charge in [-0.2, -0.15) is 0 Å². The van der Waals surface area contributed by atoms with Crippen molar-refractivity contribution in [2.45, 2.75) is 45.3 Å². The van der Waals surface area contributed by atoms with Crippen LogP contribution in [-0.4, -0.2) is 17.8 Å². The molecule has 0 aromatic heterocycles. The first-order chi connectivity index (χ1) is 8.33. The number of rotatable bonds is 5. The molecule has 1 aromatic carbocycles. The molecule has 1 N–H and O–H groups in total. The molecule has 0 spiro atoms. The van der Waals surface area contributed by atoms with Crippen LogP contribution in [0, 0.1) is 0 Å². The Labute approximate surface area is 102 Å². The summed E-state index contributed by atoms with van der Waals surface area (Å²) in [5, 5.41) is 9.11. The summed E-state index contributed by atoms with van der Waals surface area (Å²) in [6, 6.07) is 5.63. The fourth-order valence-corrected chi connectivity index (χ4v) is 2.20. The first-order valence-electron chi connectivity index (χ1n) is 6.36. The number of ether oxygens (including phenoxy) is 2. The van der Waals surface area contributed by atoms with E-state index in [9.17, 15) is 0 Å². The van der Waals surface area contributed by atoms with E-state index in [2.05, 4.69) is 0 Å². The Kier molecular flexibility index (Phi) is 4.26. The smallest absolute Gasteiger partial charge is 0.161 e. The van der Waals surface area contributed by atoms with Crippen LogP contribution in [0.1, 0.15) is 38.2 Å². The number of hydrogen-bond donors (Lipinski definition) is 1. The van der Waals surface area contributed by atoms with Crippen molar-refractivity contribution in [2.24, 2.45) is 0 Å². The molecule has 1 fully saturated rings. The summed E-state index contributed by atoms with van der Waals surface area (Å²) in [7, 11) is 0. The average Bonchev–Trinajstić information content (AvgIpc) is 2.84. The van der Waals surface area contributed by atoms with Crippen molar-refractivity contribution in [1.29, 1.82) is 0 Å². The highest BCUT2D eigenvalue weighted by molar-refractivity contribution is 5.43. The topological polar surface area (TPSA) is 38.7 Å². The van der Waals surface area contributed by atoms with E-state index in [1.54, 1.807) is 0 Å². The van der Waals surface area contributed by atoms with E-state index >= 15 is 0 Å². The summed E-state index contributed by atoms with van der Waals surface area (Å²) in [4.78, 5) is 0. The lowest BCUT2D eigenvalue weighted by molar-refractivity contribution is 0.196. The van der Waals surface area contributed by atoms with Gasteiger partial charge in [-0.1, -0.05) is 6.07 Å². The van der Waals surface area contributed by atoms with Gasteiger partial charge in [0, 0.05) is 0 Å². The maximum atomic E-state index is 9.11. The monoisotopic (exact) mass is 236 g/mol. The number of benzene rings is 1. The van der Waals surface area contributed by atoms with Crippen LogP contribution < -0.4 is 9.47 Å². The molecule has 94 valence electrons. The zero-order valence-electron chi connectivity index (χ0n) is 10.3. The second-order valence-electron chi connectivity index (χ2n) is 4.40. The molecule has 1 aliphatic carbocycles. The van der Waals surface area contributed by atoms with Crippen LogP contribution in [0.15, 0.2) is 18.2 Å². The zero-order valence-corrected chi connectivity index (χ0v) is 10.3. The molecule has 3 heteroatoms. The Balaban J connectivity index is 2.12.